The molecule has 2 heterocycles. The lowest BCUT2D eigenvalue weighted by atomic mass is 9.84. The molecule has 2 aliphatic heterocycles. The number of fused-ring (bicyclic) bond motifs is 1. The van der Waals surface area contributed by atoms with Gasteiger partial charge in [0.25, 0.3) is 0 Å². The minimum Gasteiger partial charge on any atom is -0.342 e. The van der Waals surface area contributed by atoms with Crippen LogP contribution in [0.2, 0.25) is 0 Å². The highest BCUT2D eigenvalue weighted by Gasteiger charge is 2.50. The van der Waals surface area contributed by atoms with Gasteiger partial charge in [-0.2, -0.15) is 0 Å². The lowest BCUT2D eigenvalue weighted by Gasteiger charge is -2.36. The largest absolute Gasteiger partial charge is 0.342 e. The average molecular weight is 344 g/mol. The number of likely N-dealkylation sites (tertiary alicyclic amines) is 2. The topological polar surface area (TPSA) is 57.7 Å². The maximum Gasteiger partial charge on any atom is 0.233 e. The Bertz CT molecular complexity index is 560. The molecule has 0 spiro atoms. The molecule has 2 atom stereocenters. The number of hydrogen-bond donors (Lipinski definition) is 0. The maximum absolute atomic E-state index is 12.7. The number of carbonyl (C=O) groups excluding carboxylic acids is 3. The predicted octanol–water partition coefficient (Wildman–Crippen LogP) is 2.51. The quantitative estimate of drug-likeness (QED) is 0.571. The second-order valence-electron chi connectivity index (χ2n) is 8.09. The molecule has 5 nitrogen and oxygen atoms in total. The molecule has 0 radical (unpaired) electrons. The van der Waals surface area contributed by atoms with Crippen LogP contribution in [0.4, 0.5) is 0 Å². The molecule has 0 N–H and O–H groups in total. The molecule has 1 saturated carbocycles. The van der Waals surface area contributed by atoms with E-state index < -0.39 is 0 Å². The fourth-order valence-electron chi connectivity index (χ4n) is 5.14. The molecule has 0 bridgehead atoms. The predicted molar refractivity (Wildman–Crippen MR) is 93.4 cm³/mol. The van der Waals surface area contributed by atoms with Gasteiger partial charge < -0.3 is 4.90 Å². The highest BCUT2D eigenvalue weighted by molar-refractivity contribution is 6.05. The SMILES string of the molecule is O=C(C1CCC(N2C(=O)[C@@H]3CC=CC[C@H]3C2=O)CC1)N1CCCCC1. The van der Waals surface area contributed by atoms with Crippen molar-refractivity contribution < 1.29 is 14.4 Å². The Balaban J connectivity index is 1.36. The Morgan fingerprint density at radius 3 is 1.96 bits per heavy atom. The Morgan fingerprint density at radius 1 is 0.840 bits per heavy atom. The summed E-state index contributed by atoms with van der Waals surface area (Å²) in [5.41, 5.74) is 0. The summed E-state index contributed by atoms with van der Waals surface area (Å²) in [4.78, 5) is 41.7. The van der Waals surface area contributed by atoms with E-state index in [1.807, 2.05) is 17.1 Å². The van der Waals surface area contributed by atoms with Crippen molar-refractivity contribution in [1.82, 2.24) is 9.80 Å². The fourth-order valence-corrected chi connectivity index (χ4v) is 5.14. The summed E-state index contributed by atoms with van der Waals surface area (Å²) in [5, 5.41) is 0. The summed E-state index contributed by atoms with van der Waals surface area (Å²) in [6.07, 6.45) is 12.1. The van der Waals surface area contributed by atoms with E-state index in [1.54, 1.807) is 4.90 Å². The summed E-state index contributed by atoms with van der Waals surface area (Å²) in [6, 6.07) is 0.0102. The second kappa shape index (κ2) is 6.93. The molecule has 0 unspecified atom stereocenters. The Kier molecular flexibility index (Phi) is 4.65. The summed E-state index contributed by atoms with van der Waals surface area (Å²) in [7, 11) is 0. The minimum absolute atomic E-state index is 0.0102. The molecule has 0 aromatic rings. The number of hydrogen-bond acceptors (Lipinski definition) is 3. The molecule has 2 saturated heterocycles. The van der Waals surface area contributed by atoms with Crippen LogP contribution in [-0.2, 0) is 14.4 Å². The van der Waals surface area contributed by atoms with Crippen LogP contribution in [0.15, 0.2) is 12.2 Å². The molecule has 25 heavy (non-hydrogen) atoms. The number of amides is 3. The third-order valence-electron chi connectivity index (χ3n) is 6.62. The van der Waals surface area contributed by atoms with Crippen molar-refractivity contribution in [1.29, 1.82) is 0 Å². The first kappa shape index (κ1) is 16.8. The van der Waals surface area contributed by atoms with E-state index in [1.165, 1.54) is 6.42 Å². The number of piperidine rings is 1. The van der Waals surface area contributed by atoms with Crippen molar-refractivity contribution in [2.75, 3.05) is 13.1 Å². The highest BCUT2D eigenvalue weighted by Crippen LogP contribution is 2.39. The van der Waals surface area contributed by atoms with E-state index in [9.17, 15) is 14.4 Å². The van der Waals surface area contributed by atoms with Gasteiger partial charge in [-0.3, -0.25) is 19.3 Å². The first-order valence-corrected chi connectivity index (χ1v) is 9.97. The van der Waals surface area contributed by atoms with Gasteiger partial charge in [0.2, 0.25) is 17.7 Å². The molecule has 2 aliphatic carbocycles. The maximum atomic E-state index is 12.7. The minimum atomic E-state index is -0.134. The number of imide groups is 1. The third-order valence-corrected chi connectivity index (χ3v) is 6.62. The van der Waals surface area contributed by atoms with Gasteiger partial charge in [0.1, 0.15) is 0 Å². The van der Waals surface area contributed by atoms with Crippen LogP contribution in [-0.4, -0.2) is 46.7 Å². The summed E-state index contributed by atoms with van der Waals surface area (Å²) in [6.45, 7) is 1.80. The van der Waals surface area contributed by atoms with E-state index in [-0.39, 0.29) is 35.6 Å². The molecule has 3 fully saturated rings. The molecule has 0 aromatic carbocycles. The van der Waals surface area contributed by atoms with Gasteiger partial charge in [0.15, 0.2) is 0 Å². The third kappa shape index (κ3) is 3.02. The molecule has 5 heteroatoms. The summed E-state index contributed by atoms with van der Waals surface area (Å²) in [5.74, 6) is 0.187. The van der Waals surface area contributed by atoms with Crippen molar-refractivity contribution >= 4 is 17.7 Å². The first-order chi connectivity index (χ1) is 12.2. The van der Waals surface area contributed by atoms with E-state index in [2.05, 4.69) is 0 Å². The summed E-state index contributed by atoms with van der Waals surface area (Å²) >= 11 is 0. The number of rotatable bonds is 2. The van der Waals surface area contributed by atoms with E-state index in [0.29, 0.717) is 18.7 Å². The van der Waals surface area contributed by atoms with Crippen LogP contribution in [0.3, 0.4) is 0 Å². The zero-order valence-corrected chi connectivity index (χ0v) is 14.9. The Morgan fingerprint density at radius 2 is 1.40 bits per heavy atom. The van der Waals surface area contributed by atoms with Crippen LogP contribution in [0.1, 0.15) is 57.8 Å². The zero-order chi connectivity index (χ0) is 17.4. The molecule has 4 rings (SSSR count). The molecule has 4 aliphatic rings. The fraction of sp³-hybridized carbons (Fsp3) is 0.750. The van der Waals surface area contributed by atoms with Crippen molar-refractivity contribution in [3.63, 3.8) is 0 Å². The molecule has 0 aromatic heterocycles. The summed E-state index contributed by atoms with van der Waals surface area (Å²) < 4.78 is 0. The van der Waals surface area contributed by atoms with Crippen molar-refractivity contribution in [2.45, 2.75) is 63.8 Å². The van der Waals surface area contributed by atoms with E-state index in [4.69, 9.17) is 0 Å². The molecular formula is C20H28N2O3. The second-order valence-corrected chi connectivity index (χ2v) is 8.09. The first-order valence-electron chi connectivity index (χ1n) is 9.97. The highest BCUT2D eigenvalue weighted by atomic mass is 16.2. The van der Waals surface area contributed by atoms with Gasteiger partial charge in [-0.25, -0.2) is 0 Å². The number of nitrogens with zero attached hydrogens (tertiary/aromatic N) is 2. The smallest absolute Gasteiger partial charge is 0.233 e. The molecule has 3 amide bonds. The van der Waals surface area contributed by atoms with Gasteiger partial charge in [-0.05, 0) is 57.8 Å². The van der Waals surface area contributed by atoms with Crippen LogP contribution >= 0.6 is 0 Å². The standard InChI is InChI=1S/C20H28N2O3/c23-18(21-12-4-1-5-13-21)14-8-10-15(11-9-14)22-19(24)16-6-2-3-7-17(16)20(22)25/h2-3,14-17H,1,4-13H2/t14?,15?,16-,17-/m1/s1. The van der Waals surface area contributed by atoms with Gasteiger partial charge in [-0.1, -0.05) is 12.2 Å². The van der Waals surface area contributed by atoms with Gasteiger partial charge >= 0.3 is 0 Å². The van der Waals surface area contributed by atoms with Crippen LogP contribution in [0, 0.1) is 17.8 Å². The van der Waals surface area contributed by atoms with Crippen molar-refractivity contribution in [3.05, 3.63) is 12.2 Å². The average Bonchev–Trinajstić information content (AvgIpc) is 2.93. The molecule has 136 valence electrons. The normalized spacial score (nSPS) is 35.8. The van der Waals surface area contributed by atoms with E-state index >= 15 is 0 Å². The lowest BCUT2D eigenvalue weighted by Crippen LogP contribution is -2.46. The van der Waals surface area contributed by atoms with Gasteiger partial charge in [0, 0.05) is 25.0 Å². The monoisotopic (exact) mass is 344 g/mol. The van der Waals surface area contributed by atoms with Crippen LogP contribution in [0.5, 0.6) is 0 Å². The zero-order valence-electron chi connectivity index (χ0n) is 14.9. The Hall–Kier alpha value is -1.65. The van der Waals surface area contributed by atoms with Gasteiger partial charge in [-0.15, -0.1) is 0 Å². The van der Waals surface area contributed by atoms with E-state index in [0.717, 1.165) is 51.6 Å². The lowest BCUT2D eigenvalue weighted by molar-refractivity contribution is -0.144. The van der Waals surface area contributed by atoms with Crippen molar-refractivity contribution in [3.8, 4) is 0 Å². The van der Waals surface area contributed by atoms with Crippen molar-refractivity contribution in [2.24, 2.45) is 17.8 Å². The molecular weight excluding hydrogens is 316 g/mol. The number of carbonyl (C=O) groups is 3. The van der Waals surface area contributed by atoms with Crippen LogP contribution < -0.4 is 0 Å². The number of allylic oxidation sites excluding steroid dienone is 2. The van der Waals surface area contributed by atoms with Crippen LogP contribution in [0.25, 0.3) is 0 Å². The van der Waals surface area contributed by atoms with Gasteiger partial charge in [0.05, 0.1) is 11.8 Å². The Labute approximate surface area is 149 Å².